The highest BCUT2D eigenvalue weighted by Gasteiger charge is 2.20. The summed E-state index contributed by atoms with van der Waals surface area (Å²) in [6.45, 7) is 1.50. The monoisotopic (exact) mass is 262 g/mol. The second kappa shape index (κ2) is 5.08. The number of nitrogens with zero attached hydrogens (tertiary/aromatic N) is 3. The maximum absolute atomic E-state index is 5.84. The number of halogens is 1. The molecule has 1 fully saturated rings. The van der Waals surface area contributed by atoms with Crippen molar-refractivity contribution < 1.29 is 0 Å². The van der Waals surface area contributed by atoms with Crippen molar-refractivity contribution in [2.75, 3.05) is 0 Å². The molecular weight excluding hydrogens is 248 g/mol. The van der Waals surface area contributed by atoms with Gasteiger partial charge in [0.1, 0.15) is 0 Å². The van der Waals surface area contributed by atoms with E-state index in [2.05, 4.69) is 21.5 Å². The minimum atomic E-state index is 0.654. The summed E-state index contributed by atoms with van der Waals surface area (Å²) in [6, 6.07) is 6.81. The molecule has 0 amide bonds. The van der Waals surface area contributed by atoms with Gasteiger partial charge < -0.3 is 5.32 Å². The van der Waals surface area contributed by atoms with E-state index in [1.807, 2.05) is 12.1 Å². The first-order valence-electron chi connectivity index (χ1n) is 6.16. The van der Waals surface area contributed by atoms with Gasteiger partial charge in [0.25, 0.3) is 0 Å². The second-order valence-electron chi connectivity index (χ2n) is 4.63. The first-order valence-corrected chi connectivity index (χ1v) is 6.53. The summed E-state index contributed by atoms with van der Waals surface area (Å²) < 4.78 is 1.79. The highest BCUT2D eigenvalue weighted by molar-refractivity contribution is 6.30. The molecule has 18 heavy (non-hydrogen) atoms. The summed E-state index contributed by atoms with van der Waals surface area (Å²) in [6.07, 6.45) is 6.04. The Morgan fingerprint density at radius 3 is 2.89 bits per heavy atom. The normalized spacial score (nSPS) is 14.9. The largest absolute Gasteiger partial charge is 0.308 e. The van der Waals surface area contributed by atoms with Crippen molar-refractivity contribution in [1.29, 1.82) is 0 Å². The zero-order valence-electron chi connectivity index (χ0n) is 10.0. The van der Waals surface area contributed by atoms with Gasteiger partial charge in [0.05, 0.1) is 29.2 Å². The van der Waals surface area contributed by atoms with E-state index in [1.165, 1.54) is 12.8 Å². The molecule has 0 aliphatic heterocycles. The number of rotatable bonds is 5. The Morgan fingerprint density at radius 2 is 2.17 bits per heavy atom. The van der Waals surface area contributed by atoms with Crippen LogP contribution in [0.5, 0.6) is 0 Å². The maximum Gasteiger partial charge on any atom is 0.0832 e. The third kappa shape index (κ3) is 3.09. The molecule has 5 heteroatoms. The molecule has 1 aliphatic rings. The standard InChI is InChI=1S/C13H15ClN4/c14-10-6-16-18(8-10)9-13-3-1-2-12(17-13)7-15-11-4-5-11/h1-3,6,8,11,15H,4-5,7,9H2. The topological polar surface area (TPSA) is 42.7 Å². The van der Waals surface area contributed by atoms with Crippen LogP contribution in [0.3, 0.4) is 0 Å². The summed E-state index contributed by atoms with van der Waals surface area (Å²) in [5, 5.41) is 8.27. The average Bonchev–Trinajstić information content (AvgIpc) is 3.11. The van der Waals surface area contributed by atoms with Crippen molar-refractivity contribution in [2.24, 2.45) is 0 Å². The Hall–Kier alpha value is -1.39. The van der Waals surface area contributed by atoms with Crippen LogP contribution in [0.4, 0.5) is 0 Å². The quantitative estimate of drug-likeness (QED) is 0.899. The van der Waals surface area contributed by atoms with Gasteiger partial charge in [0.2, 0.25) is 0 Å². The average molecular weight is 263 g/mol. The van der Waals surface area contributed by atoms with Crippen LogP contribution >= 0.6 is 11.6 Å². The van der Waals surface area contributed by atoms with Crippen LogP contribution in [0.2, 0.25) is 5.02 Å². The van der Waals surface area contributed by atoms with Gasteiger partial charge in [-0.25, -0.2) is 0 Å². The Balaban J connectivity index is 1.65. The van der Waals surface area contributed by atoms with E-state index in [4.69, 9.17) is 11.6 Å². The summed E-state index contributed by atoms with van der Waals surface area (Å²) in [4.78, 5) is 4.61. The Kier molecular flexibility index (Phi) is 3.30. The van der Waals surface area contributed by atoms with Crippen LogP contribution in [-0.2, 0) is 13.1 Å². The van der Waals surface area contributed by atoms with Crippen LogP contribution < -0.4 is 5.32 Å². The predicted molar refractivity (Wildman–Crippen MR) is 70.4 cm³/mol. The van der Waals surface area contributed by atoms with Crippen LogP contribution in [-0.4, -0.2) is 20.8 Å². The Labute approximate surface area is 111 Å². The van der Waals surface area contributed by atoms with E-state index in [0.29, 0.717) is 17.6 Å². The van der Waals surface area contributed by atoms with Gasteiger partial charge in [0.15, 0.2) is 0 Å². The maximum atomic E-state index is 5.84. The number of aromatic nitrogens is 3. The summed E-state index contributed by atoms with van der Waals surface area (Å²) in [5.74, 6) is 0. The minimum Gasteiger partial charge on any atom is -0.308 e. The van der Waals surface area contributed by atoms with E-state index in [1.54, 1.807) is 17.1 Å². The van der Waals surface area contributed by atoms with Crippen LogP contribution in [0.1, 0.15) is 24.2 Å². The predicted octanol–water partition coefficient (Wildman–Crippen LogP) is 2.23. The van der Waals surface area contributed by atoms with Gasteiger partial charge in [0, 0.05) is 18.8 Å². The SMILES string of the molecule is Clc1cnn(Cc2cccc(CNC3CC3)n2)c1. The molecule has 0 atom stereocenters. The van der Waals surface area contributed by atoms with Crippen molar-refractivity contribution in [2.45, 2.75) is 32.0 Å². The van der Waals surface area contributed by atoms with E-state index < -0.39 is 0 Å². The molecule has 1 saturated carbocycles. The molecule has 1 aliphatic carbocycles. The number of pyridine rings is 1. The first kappa shape index (κ1) is 11.7. The van der Waals surface area contributed by atoms with Crippen molar-refractivity contribution in [3.8, 4) is 0 Å². The Bertz CT molecular complexity index is 533. The lowest BCUT2D eigenvalue weighted by atomic mass is 10.3. The molecule has 0 saturated heterocycles. The summed E-state index contributed by atoms with van der Waals surface area (Å²) in [5.41, 5.74) is 2.09. The fraction of sp³-hybridized carbons (Fsp3) is 0.385. The molecule has 0 aromatic carbocycles. The smallest absolute Gasteiger partial charge is 0.0832 e. The fourth-order valence-corrected chi connectivity index (χ4v) is 2.00. The number of hydrogen-bond acceptors (Lipinski definition) is 3. The highest BCUT2D eigenvalue weighted by Crippen LogP contribution is 2.19. The zero-order chi connectivity index (χ0) is 12.4. The number of nitrogens with one attached hydrogen (secondary N) is 1. The van der Waals surface area contributed by atoms with E-state index in [0.717, 1.165) is 17.9 Å². The van der Waals surface area contributed by atoms with Crippen LogP contribution in [0.15, 0.2) is 30.6 Å². The van der Waals surface area contributed by atoms with E-state index >= 15 is 0 Å². The zero-order valence-corrected chi connectivity index (χ0v) is 10.8. The van der Waals surface area contributed by atoms with E-state index in [9.17, 15) is 0 Å². The highest BCUT2D eigenvalue weighted by atomic mass is 35.5. The van der Waals surface area contributed by atoms with Gasteiger partial charge in [-0.05, 0) is 25.0 Å². The lowest BCUT2D eigenvalue weighted by Gasteiger charge is -2.05. The van der Waals surface area contributed by atoms with Crippen molar-refractivity contribution >= 4 is 11.6 Å². The minimum absolute atomic E-state index is 0.654. The van der Waals surface area contributed by atoms with Gasteiger partial charge in [-0.2, -0.15) is 5.10 Å². The third-order valence-corrected chi connectivity index (χ3v) is 3.13. The summed E-state index contributed by atoms with van der Waals surface area (Å²) in [7, 11) is 0. The molecule has 0 radical (unpaired) electrons. The molecule has 2 heterocycles. The fourth-order valence-electron chi connectivity index (χ4n) is 1.84. The van der Waals surface area contributed by atoms with Crippen molar-refractivity contribution in [3.63, 3.8) is 0 Å². The molecule has 0 spiro atoms. The third-order valence-electron chi connectivity index (χ3n) is 2.94. The molecule has 4 nitrogen and oxygen atoms in total. The lowest BCUT2D eigenvalue weighted by molar-refractivity contribution is 0.648. The first-order chi connectivity index (χ1) is 8.79. The van der Waals surface area contributed by atoms with Gasteiger partial charge in [-0.3, -0.25) is 9.67 Å². The second-order valence-corrected chi connectivity index (χ2v) is 5.07. The lowest BCUT2D eigenvalue weighted by Crippen LogP contribution is -2.16. The Morgan fingerprint density at radius 1 is 1.33 bits per heavy atom. The molecule has 2 aromatic heterocycles. The molecule has 1 N–H and O–H groups in total. The van der Waals surface area contributed by atoms with Gasteiger partial charge in [-0.1, -0.05) is 17.7 Å². The molecule has 3 rings (SSSR count). The molecular formula is C13H15ClN4. The molecule has 2 aromatic rings. The van der Waals surface area contributed by atoms with Crippen molar-refractivity contribution in [3.05, 3.63) is 47.0 Å². The van der Waals surface area contributed by atoms with Gasteiger partial charge >= 0.3 is 0 Å². The molecule has 94 valence electrons. The van der Waals surface area contributed by atoms with E-state index in [-0.39, 0.29) is 0 Å². The summed E-state index contributed by atoms with van der Waals surface area (Å²) >= 11 is 5.84. The number of hydrogen-bond donors (Lipinski definition) is 1. The van der Waals surface area contributed by atoms with Crippen molar-refractivity contribution in [1.82, 2.24) is 20.1 Å². The van der Waals surface area contributed by atoms with Gasteiger partial charge in [-0.15, -0.1) is 0 Å². The molecule has 0 unspecified atom stereocenters. The van der Waals surface area contributed by atoms with Crippen LogP contribution in [0, 0.1) is 0 Å². The van der Waals surface area contributed by atoms with Crippen LogP contribution in [0.25, 0.3) is 0 Å². The molecule has 0 bridgehead atoms.